The number of aromatic nitrogens is 2. The monoisotopic (exact) mass is 327 g/mol. The number of imidazole rings is 1. The maximum atomic E-state index is 12.5. The Hall–Kier alpha value is -2.33. The van der Waals surface area contributed by atoms with Crippen molar-refractivity contribution in [2.45, 2.75) is 19.9 Å². The first-order valence-electron chi connectivity index (χ1n) is 7.55. The van der Waals surface area contributed by atoms with Crippen molar-refractivity contribution in [3.8, 4) is 0 Å². The van der Waals surface area contributed by atoms with Gasteiger partial charge in [0.2, 0.25) is 0 Å². The lowest BCUT2D eigenvalue weighted by molar-refractivity contribution is 0.0923. The molecule has 3 aromatic rings. The summed E-state index contributed by atoms with van der Waals surface area (Å²) >= 11 is 5.96. The Labute approximate surface area is 139 Å². The van der Waals surface area contributed by atoms with E-state index in [4.69, 9.17) is 11.6 Å². The first kappa shape index (κ1) is 15.6. The second kappa shape index (κ2) is 6.42. The molecule has 0 saturated carbocycles. The highest BCUT2D eigenvalue weighted by Gasteiger charge is 2.22. The highest BCUT2D eigenvalue weighted by atomic mass is 35.5. The van der Waals surface area contributed by atoms with Crippen molar-refractivity contribution in [1.29, 1.82) is 0 Å². The van der Waals surface area contributed by atoms with E-state index in [1.165, 1.54) is 0 Å². The van der Waals surface area contributed by atoms with Gasteiger partial charge in [-0.05, 0) is 36.2 Å². The number of nitrogens with zero attached hydrogens (tertiary/aromatic N) is 1. The molecule has 2 aromatic carbocycles. The van der Waals surface area contributed by atoms with Crippen molar-refractivity contribution in [3.63, 3.8) is 0 Å². The molecular formula is C18H18ClN3O. The molecule has 5 heteroatoms. The Morgan fingerprint density at radius 3 is 2.65 bits per heavy atom. The standard InChI is InChI=1S/C18H18ClN3O/c1-11(2)16(17-20-14-8-3-4-9-15(14)21-17)22-18(23)12-6-5-7-13(19)10-12/h3-11,16H,1-2H3,(H,20,21)(H,22,23). The van der Waals surface area contributed by atoms with E-state index in [0.29, 0.717) is 10.6 Å². The van der Waals surface area contributed by atoms with Crippen LogP contribution in [0.2, 0.25) is 5.02 Å². The molecule has 0 aliphatic rings. The summed E-state index contributed by atoms with van der Waals surface area (Å²) in [6.07, 6.45) is 0. The lowest BCUT2D eigenvalue weighted by atomic mass is 10.0. The van der Waals surface area contributed by atoms with Crippen LogP contribution in [0.5, 0.6) is 0 Å². The fraction of sp³-hybridized carbons (Fsp3) is 0.222. The summed E-state index contributed by atoms with van der Waals surface area (Å²) in [6, 6.07) is 14.5. The number of rotatable bonds is 4. The predicted octanol–water partition coefficient (Wildman–Crippen LogP) is 4.34. The lowest BCUT2D eigenvalue weighted by Crippen LogP contribution is -2.32. The zero-order valence-corrected chi connectivity index (χ0v) is 13.8. The van der Waals surface area contributed by atoms with Crippen LogP contribution in [-0.2, 0) is 0 Å². The average molecular weight is 328 g/mol. The zero-order valence-electron chi connectivity index (χ0n) is 13.0. The molecule has 0 radical (unpaired) electrons. The SMILES string of the molecule is CC(C)C(NC(=O)c1cccc(Cl)c1)c1nc2ccccc2[nH]1. The van der Waals surface area contributed by atoms with Gasteiger partial charge < -0.3 is 10.3 Å². The number of hydrogen-bond acceptors (Lipinski definition) is 2. The molecule has 1 heterocycles. The summed E-state index contributed by atoms with van der Waals surface area (Å²) < 4.78 is 0. The second-order valence-corrected chi connectivity index (χ2v) is 6.28. The molecule has 0 saturated heterocycles. The zero-order chi connectivity index (χ0) is 16.4. The fourth-order valence-corrected chi connectivity index (χ4v) is 2.72. The van der Waals surface area contributed by atoms with Gasteiger partial charge in [-0.15, -0.1) is 0 Å². The fourth-order valence-electron chi connectivity index (χ4n) is 2.52. The van der Waals surface area contributed by atoms with Crippen molar-refractivity contribution in [2.24, 2.45) is 5.92 Å². The normalized spacial score (nSPS) is 12.5. The molecule has 3 rings (SSSR count). The van der Waals surface area contributed by atoms with Crippen LogP contribution < -0.4 is 5.32 Å². The van der Waals surface area contributed by atoms with E-state index < -0.39 is 0 Å². The highest BCUT2D eigenvalue weighted by molar-refractivity contribution is 6.30. The average Bonchev–Trinajstić information content (AvgIpc) is 2.95. The molecule has 2 N–H and O–H groups in total. The van der Waals surface area contributed by atoms with Crippen LogP contribution in [0.4, 0.5) is 0 Å². The number of para-hydroxylation sites is 2. The number of aromatic amines is 1. The van der Waals surface area contributed by atoms with E-state index >= 15 is 0 Å². The van der Waals surface area contributed by atoms with Gasteiger partial charge in [0.25, 0.3) is 5.91 Å². The van der Waals surface area contributed by atoms with E-state index in [1.807, 2.05) is 24.3 Å². The van der Waals surface area contributed by atoms with Crippen molar-refractivity contribution in [3.05, 3.63) is 64.9 Å². The first-order valence-corrected chi connectivity index (χ1v) is 7.93. The number of nitrogens with one attached hydrogen (secondary N) is 2. The molecule has 1 aromatic heterocycles. The molecule has 4 nitrogen and oxygen atoms in total. The second-order valence-electron chi connectivity index (χ2n) is 5.84. The molecule has 23 heavy (non-hydrogen) atoms. The molecule has 1 atom stereocenters. The maximum Gasteiger partial charge on any atom is 0.251 e. The third-order valence-electron chi connectivity index (χ3n) is 3.74. The summed E-state index contributed by atoms with van der Waals surface area (Å²) in [4.78, 5) is 20.4. The van der Waals surface area contributed by atoms with Gasteiger partial charge in [-0.25, -0.2) is 4.98 Å². The summed E-state index contributed by atoms with van der Waals surface area (Å²) in [5.41, 5.74) is 2.40. The van der Waals surface area contributed by atoms with Crippen LogP contribution in [0.1, 0.15) is 36.1 Å². The van der Waals surface area contributed by atoms with E-state index in [0.717, 1.165) is 16.9 Å². The molecule has 0 fully saturated rings. The number of H-pyrrole nitrogens is 1. The maximum absolute atomic E-state index is 12.5. The highest BCUT2D eigenvalue weighted by Crippen LogP contribution is 2.23. The van der Waals surface area contributed by atoms with Gasteiger partial charge in [-0.3, -0.25) is 4.79 Å². The van der Waals surface area contributed by atoms with Gasteiger partial charge >= 0.3 is 0 Å². The molecule has 0 aliphatic heterocycles. The van der Waals surface area contributed by atoms with E-state index in [1.54, 1.807) is 24.3 Å². The number of fused-ring (bicyclic) bond motifs is 1. The van der Waals surface area contributed by atoms with Crippen LogP contribution >= 0.6 is 11.6 Å². The van der Waals surface area contributed by atoms with Gasteiger partial charge in [0.1, 0.15) is 5.82 Å². The Morgan fingerprint density at radius 1 is 1.17 bits per heavy atom. The number of carbonyl (C=O) groups is 1. The Kier molecular flexibility index (Phi) is 4.35. The minimum Gasteiger partial charge on any atom is -0.342 e. The number of carbonyl (C=O) groups excluding carboxylic acids is 1. The first-order chi connectivity index (χ1) is 11.0. The molecular weight excluding hydrogens is 310 g/mol. The Bertz CT molecular complexity index is 808. The topological polar surface area (TPSA) is 57.8 Å². The van der Waals surface area contributed by atoms with E-state index in [2.05, 4.69) is 29.1 Å². The van der Waals surface area contributed by atoms with E-state index in [9.17, 15) is 4.79 Å². The molecule has 118 valence electrons. The van der Waals surface area contributed by atoms with Crippen molar-refractivity contribution >= 4 is 28.5 Å². The number of halogens is 1. The summed E-state index contributed by atoms with van der Waals surface area (Å²) in [6.45, 7) is 4.10. The van der Waals surface area contributed by atoms with Gasteiger partial charge in [0.05, 0.1) is 17.1 Å². The van der Waals surface area contributed by atoms with E-state index in [-0.39, 0.29) is 17.9 Å². The van der Waals surface area contributed by atoms with Crippen LogP contribution in [-0.4, -0.2) is 15.9 Å². The number of benzene rings is 2. The van der Waals surface area contributed by atoms with Gasteiger partial charge in [0.15, 0.2) is 0 Å². The smallest absolute Gasteiger partial charge is 0.251 e. The number of amides is 1. The Morgan fingerprint density at radius 2 is 1.96 bits per heavy atom. The quantitative estimate of drug-likeness (QED) is 0.748. The van der Waals surface area contributed by atoms with Gasteiger partial charge in [0, 0.05) is 10.6 Å². The van der Waals surface area contributed by atoms with Gasteiger partial charge in [-0.1, -0.05) is 43.6 Å². The van der Waals surface area contributed by atoms with Crippen molar-refractivity contribution < 1.29 is 4.79 Å². The summed E-state index contributed by atoms with van der Waals surface area (Å²) in [5, 5.41) is 3.59. The summed E-state index contributed by atoms with van der Waals surface area (Å²) in [7, 11) is 0. The molecule has 0 aliphatic carbocycles. The van der Waals surface area contributed by atoms with Crippen molar-refractivity contribution in [1.82, 2.24) is 15.3 Å². The molecule has 1 amide bonds. The minimum absolute atomic E-state index is 0.161. The van der Waals surface area contributed by atoms with Crippen LogP contribution in [0, 0.1) is 5.92 Å². The molecule has 0 bridgehead atoms. The lowest BCUT2D eigenvalue weighted by Gasteiger charge is -2.20. The third kappa shape index (κ3) is 3.37. The van der Waals surface area contributed by atoms with Crippen molar-refractivity contribution in [2.75, 3.05) is 0 Å². The Balaban J connectivity index is 1.88. The summed E-state index contributed by atoms with van der Waals surface area (Å²) in [5.74, 6) is 0.793. The third-order valence-corrected chi connectivity index (χ3v) is 3.98. The predicted molar refractivity (Wildman–Crippen MR) is 92.6 cm³/mol. The van der Waals surface area contributed by atoms with Gasteiger partial charge in [-0.2, -0.15) is 0 Å². The van der Waals surface area contributed by atoms with Crippen LogP contribution in [0.15, 0.2) is 48.5 Å². The van der Waals surface area contributed by atoms with Crippen LogP contribution in [0.25, 0.3) is 11.0 Å². The molecule has 1 unspecified atom stereocenters. The van der Waals surface area contributed by atoms with Crippen LogP contribution in [0.3, 0.4) is 0 Å². The number of hydrogen-bond donors (Lipinski definition) is 2. The minimum atomic E-state index is -0.200. The molecule has 0 spiro atoms. The largest absolute Gasteiger partial charge is 0.342 e.